The van der Waals surface area contributed by atoms with Gasteiger partial charge in [0.05, 0.1) is 5.56 Å². The van der Waals surface area contributed by atoms with Gasteiger partial charge in [0, 0.05) is 21.9 Å². The molecule has 0 aliphatic carbocycles. The number of hydrogen-bond donors (Lipinski definition) is 0. The van der Waals surface area contributed by atoms with E-state index in [2.05, 4.69) is 21.1 Å². The summed E-state index contributed by atoms with van der Waals surface area (Å²) in [5, 5.41) is 3.94. The molecule has 0 spiro atoms. The number of aromatic nitrogens is 1. The lowest BCUT2D eigenvalue weighted by Gasteiger charge is -2.08. The molecular formula is C17H12BrF2NO3S. The van der Waals surface area contributed by atoms with Crippen LogP contribution in [-0.2, 0) is 9.84 Å². The number of sulfone groups is 1. The van der Waals surface area contributed by atoms with E-state index in [1.54, 1.807) is 31.2 Å². The Morgan fingerprint density at radius 1 is 1.08 bits per heavy atom. The van der Waals surface area contributed by atoms with Gasteiger partial charge in [0.25, 0.3) is 0 Å². The molecule has 0 atom stereocenters. The van der Waals surface area contributed by atoms with Crippen LogP contribution in [0.4, 0.5) is 8.78 Å². The van der Waals surface area contributed by atoms with Gasteiger partial charge in [0.1, 0.15) is 28.0 Å². The molecule has 0 saturated heterocycles. The van der Waals surface area contributed by atoms with Gasteiger partial charge in [-0.3, -0.25) is 0 Å². The highest BCUT2D eigenvalue weighted by molar-refractivity contribution is 9.10. The molecule has 0 radical (unpaired) electrons. The van der Waals surface area contributed by atoms with Gasteiger partial charge < -0.3 is 4.52 Å². The van der Waals surface area contributed by atoms with Gasteiger partial charge in [-0.1, -0.05) is 33.2 Å². The first-order valence-corrected chi connectivity index (χ1v) is 9.78. The zero-order valence-electron chi connectivity index (χ0n) is 13.2. The van der Waals surface area contributed by atoms with Crippen LogP contribution in [0.3, 0.4) is 0 Å². The quantitative estimate of drug-likeness (QED) is 0.604. The Labute approximate surface area is 151 Å². The fourth-order valence-corrected chi connectivity index (χ4v) is 3.49. The molecule has 0 saturated carbocycles. The number of benzene rings is 2. The number of aryl methyl sites for hydroxylation is 1. The summed E-state index contributed by atoms with van der Waals surface area (Å²) in [6, 6.07) is 8.61. The molecule has 8 heteroatoms. The van der Waals surface area contributed by atoms with Crippen LogP contribution in [0.25, 0.3) is 22.4 Å². The van der Waals surface area contributed by atoms with Crippen LogP contribution < -0.4 is 0 Å². The summed E-state index contributed by atoms with van der Waals surface area (Å²) in [6.07, 6.45) is 0.822. The Morgan fingerprint density at radius 3 is 2.32 bits per heavy atom. The van der Waals surface area contributed by atoms with Crippen molar-refractivity contribution in [3.05, 3.63) is 58.3 Å². The van der Waals surface area contributed by atoms with Crippen molar-refractivity contribution in [1.29, 1.82) is 0 Å². The Morgan fingerprint density at radius 2 is 1.72 bits per heavy atom. The van der Waals surface area contributed by atoms with E-state index in [9.17, 15) is 17.2 Å². The average Bonchev–Trinajstić information content (AvgIpc) is 2.90. The summed E-state index contributed by atoms with van der Waals surface area (Å²) < 4.78 is 57.9. The first kappa shape index (κ1) is 17.8. The Hall–Kier alpha value is -2.06. The van der Waals surface area contributed by atoms with Crippen LogP contribution >= 0.6 is 15.9 Å². The molecule has 130 valence electrons. The summed E-state index contributed by atoms with van der Waals surface area (Å²) in [4.78, 5) is -0.687. The summed E-state index contributed by atoms with van der Waals surface area (Å²) in [5.74, 6) is -1.60. The van der Waals surface area contributed by atoms with E-state index in [-0.39, 0.29) is 11.1 Å². The maximum absolute atomic E-state index is 14.6. The Kier molecular flexibility index (Phi) is 4.51. The van der Waals surface area contributed by atoms with Crippen molar-refractivity contribution in [2.45, 2.75) is 11.8 Å². The molecular weight excluding hydrogens is 416 g/mol. The van der Waals surface area contributed by atoms with Gasteiger partial charge in [0.15, 0.2) is 9.84 Å². The number of halogens is 3. The van der Waals surface area contributed by atoms with Gasteiger partial charge in [-0.05, 0) is 31.2 Å². The lowest BCUT2D eigenvalue weighted by Crippen LogP contribution is -2.03. The third-order valence-electron chi connectivity index (χ3n) is 3.67. The van der Waals surface area contributed by atoms with Crippen molar-refractivity contribution in [3.63, 3.8) is 0 Å². The highest BCUT2D eigenvalue weighted by Gasteiger charge is 2.24. The van der Waals surface area contributed by atoms with E-state index in [1.165, 1.54) is 0 Å². The topological polar surface area (TPSA) is 60.2 Å². The van der Waals surface area contributed by atoms with Crippen LogP contribution in [0, 0.1) is 18.6 Å². The predicted molar refractivity (Wildman–Crippen MR) is 92.8 cm³/mol. The smallest absolute Gasteiger partial charge is 0.178 e. The van der Waals surface area contributed by atoms with E-state index in [4.69, 9.17) is 4.52 Å². The zero-order chi connectivity index (χ0) is 18.4. The van der Waals surface area contributed by atoms with E-state index in [1.807, 2.05) is 0 Å². The second-order valence-corrected chi connectivity index (χ2v) is 8.40. The number of rotatable bonds is 3. The van der Waals surface area contributed by atoms with Crippen molar-refractivity contribution in [2.75, 3.05) is 6.26 Å². The molecule has 25 heavy (non-hydrogen) atoms. The van der Waals surface area contributed by atoms with Crippen LogP contribution in [0.5, 0.6) is 0 Å². The minimum Gasteiger partial charge on any atom is -0.360 e. The zero-order valence-corrected chi connectivity index (χ0v) is 15.6. The number of nitrogens with zero attached hydrogens (tertiary/aromatic N) is 1. The van der Waals surface area contributed by atoms with E-state index in [0.717, 1.165) is 16.8 Å². The first-order valence-electron chi connectivity index (χ1n) is 7.10. The van der Waals surface area contributed by atoms with Crippen molar-refractivity contribution in [1.82, 2.24) is 5.16 Å². The summed E-state index contributed by atoms with van der Waals surface area (Å²) in [7, 11) is -3.88. The molecule has 1 heterocycles. The molecule has 0 bridgehead atoms. The van der Waals surface area contributed by atoms with Gasteiger partial charge in [0.2, 0.25) is 0 Å². The minimum absolute atomic E-state index is 0.110. The third-order valence-corrected chi connectivity index (χ3v) is 5.31. The minimum atomic E-state index is -3.88. The normalized spacial score (nSPS) is 11.7. The van der Waals surface area contributed by atoms with E-state index < -0.39 is 26.4 Å². The fourth-order valence-electron chi connectivity index (χ4n) is 2.50. The molecule has 2 aromatic carbocycles. The standard InChI is InChI=1S/C17H12BrF2NO3S/c1-9-16(17(21-24-9)10-3-5-11(18)6-4-10)12-7-14(20)15(8-13(12)19)25(2,22)23/h3-8H,1-2H3. The largest absolute Gasteiger partial charge is 0.360 e. The molecule has 0 fully saturated rings. The SMILES string of the molecule is Cc1onc(-c2ccc(Br)cc2)c1-c1cc(F)c(S(C)(=O)=O)cc1F. The average molecular weight is 428 g/mol. The van der Waals surface area contributed by atoms with Crippen LogP contribution in [0.1, 0.15) is 5.76 Å². The summed E-state index contributed by atoms with van der Waals surface area (Å²) >= 11 is 3.32. The number of hydrogen-bond acceptors (Lipinski definition) is 4. The molecule has 0 amide bonds. The highest BCUT2D eigenvalue weighted by Crippen LogP contribution is 2.37. The van der Waals surface area contributed by atoms with E-state index in [0.29, 0.717) is 23.1 Å². The maximum Gasteiger partial charge on any atom is 0.178 e. The van der Waals surface area contributed by atoms with Gasteiger partial charge >= 0.3 is 0 Å². The van der Waals surface area contributed by atoms with Gasteiger partial charge in [-0.25, -0.2) is 17.2 Å². The van der Waals surface area contributed by atoms with Crippen LogP contribution in [0.15, 0.2) is 50.3 Å². The fraction of sp³-hybridized carbons (Fsp3) is 0.118. The Balaban J connectivity index is 2.23. The molecule has 3 rings (SSSR count). The van der Waals surface area contributed by atoms with Crippen molar-refractivity contribution >= 4 is 25.8 Å². The van der Waals surface area contributed by atoms with E-state index >= 15 is 0 Å². The molecule has 0 unspecified atom stereocenters. The molecule has 0 aliphatic heterocycles. The maximum atomic E-state index is 14.6. The van der Waals surface area contributed by atoms with Gasteiger partial charge in [-0.2, -0.15) is 0 Å². The van der Waals surface area contributed by atoms with Crippen molar-refractivity contribution in [2.24, 2.45) is 0 Å². The summed E-state index contributed by atoms with van der Waals surface area (Å²) in [5.41, 5.74) is 1.16. The Bertz CT molecular complexity index is 1060. The molecule has 0 aliphatic rings. The molecule has 1 aromatic heterocycles. The third kappa shape index (κ3) is 3.36. The van der Waals surface area contributed by atoms with Crippen molar-refractivity contribution in [3.8, 4) is 22.4 Å². The lowest BCUT2D eigenvalue weighted by atomic mass is 9.99. The predicted octanol–water partition coefficient (Wildman–Crippen LogP) is 4.76. The second kappa shape index (κ2) is 6.34. The van der Waals surface area contributed by atoms with Gasteiger partial charge in [-0.15, -0.1) is 0 Å². The molecule has 3 aromatic rings. The monoisotopic (exact) mass is 427 g/mol. The van der Waals surface area contributed by atoms with Crippen LogP contribution in [-0.4, -0.2) is 19.8 Å². The van der Waals surface area contributed by atoms with Crippen LogP contribution in [0.2, 0.25) is 0 Å². The highest BCUT2D eigenvalue weighted by atomic mass is 79.9. The lowest BCUT2D eigenvalue weighted by molar-refractivity contribution is 0.400. The molecule has 4 nitrogen and oxygen atoms in total. The molecule has 0 N–H and O–H groups in total. The second-order valence-electron chi connectivity index (χ2n) is 5.50. The first-order chi connectivity index (χ1) is 11.7. The summed E-state index contributed by atoms with van der Waals surface area (Å²) in [6.45, 7) is 1.58. The van der Waals surface area contributed by atoms with Crippen molar-refractivity contribution < 1.29 is 21.7 Å².